The highest BCUT2D eigenvalue weighted by molar-refractivity contribution is 5.28. The van der Waals surface area contributed by atoms with E-state index in [1.165, 1.54) is 17.5 Å². The molecule has 0 saturated carbocycles. The normalized spacial score (nSPS) is 16.1. The third-order valence-corrected chi connectivity index (χ3v) is 5.01. The first-order valence-electron chi connectivity index (χ1n) is 10.0. The van der Waals surface area contributed by atoms with Gasteiger partial charge in [0.2, 0.25) is 0 Å². The van der Waals surface area contributed by atoms with Crippen molar-refractivity contribution in [1.82, 2.24) is 9.80 Å². The van der Waals surface area contributed by atoms with E-state index in [0.717, 1.165) is 64.0 Å². The van der Waals surface area contributed by atoms with Gasteiger partial charge in [-0.1, -0.05) is 24.3 Å². The van der Waals surface area contributed by atoms with Crippen LogP contribution in [0.2, 0.25) is 0 Å². The largest absolute Gasteiger partial charge is 0.492 e. The van der Waals surface area contributed by atoms with Gasteiger partial charge in [-0.15, -0.1) is 0 Å². The van der Waals surface area contributed by atoms with Gasteiger partial charge in [-0.3, -0.25) is 9.80 Å². The lowest BCUT2D eigenvalue weighted by Crippen LogP contribution is -2.34. The van der Waals surface area contributed by atoms with Gasteiger partial charge in [-0.2, -0.15) is 0 Å². The molecule has 0 aromatic heterocycles. The van der Waals surface area contributed by atoms with Crippen molar-refractivity contribution < 1.29 is 9.47 Å². The van der Waals surface area contributed by atoms with Gasteiger partial charge in [0.15, 0.2) is 0 Å². The van der Waals surface area contributed by atoms with Gasteiger partial charge in [-0.25, -0.2) is 0 Å². The summed E-state index contributed by atoms with van der Waals surface area (Å²) in [7, 11) is 0. The van der Waals surface area contributed by atoms with E-state index < -0.39 is 0 Å². The standard InChI is InChI=1S/C23H32N2O2/c1-20-6-3-8-22(18-20)26-16-14-24-10-5-11-25(13-12-24)15-17-27-23-9-4-7-21(2)19-23/h3-4,6-9,18-19H,5,10-17H2,1-2H3. The molecule has 0 aliphatic carbocycles. The van der Waals surface area contributed by atoms with E-state index in [9.17, 15) is 0 Å². The Bertz CT molecular complexity index is 645. The molecule has 4 nitrogen and oxygen atoms in total. The lowest BCUT2D eigenvalue weighted by Gasteiger charge is -2.22. The van der Waals surface area contributed by atoms with Crippen molar-refractivity contribution in [2.75, 3.05) is 52.5 Å². The van der Waals surface area contributed by atoms with E-state index in [1.54, 1.807) is 0 Å². The quantitative estimate of drug-likeness (QED) is 0.708. The smallest absolute Gasteiger partial charge is 0.119 e. The van der Waals surface area contributed by atoms with Gasteiger partial charge >= 0.3 is 0 Å². The molecule has 0 spiro atoms. The van der Waals surface area contributed by atoms with Gasteiger partial charge in [0, 0.05) is 26.2 Å². The predicted molar refractivity (Wildman–Crippen MR) is 111 cm³/mol. The zero-order chi connectivity index (χ0) is 18.9. The summed E-state index contributed by atoms with van der Waals surface area (Å²) in [5.74, 6) is 1.94. The second-order valence-corrected chi connectivity index (χ2v) is 7.37. The Hall–Kier alpha value is -2.04. The fraction of sp³-hybridized carbons (Fsp3) is 0.478. The van der Waals surface area contributed by atoms with Crippen molar-refractivity contribution >= 4 is 0 Å². The highest BCUT2D eigenvalue weighted by Crippen LogP contribution is 2.13. The molecule has 27 heavy (non-hydrogen) atoms. The van der Waals surface area contributed by atoms with Crippen molar-refractivity contribution in [3.8, 4) is 11.5 Å². The van der Waals surface area contributed by atoms with Crippen LogP contribution in [0.4, 0.5) is 0 Å². The van der Waals surface area contributed by atoms with Gasteiger partial charge in [0.05, 0.1) is 0 Å². The van der Waals surface area contributed by atoms with Crippen LogP contribution in [0, 0.1) is 13.8 Å². The van der Waals surface area contributed by atoms with E-state index in [1.807, 2.05) is 24.3 Å². The molecular weight excluding hydrogens is 336 g/mol. The Labute approximate surface area is 163 Å². The molecular formula is C23H32N2O2. The van der Waals surface area contributed by atoms with Crippen molar-refractivity contribution in [2.24, 2.45) is 0 Å². The number of nitrogens with zero attached hydrogens (tertiary/aromatic N) is 2. The number of ether oxygens (including phenoxy) is 2. The van der Waals surface area contributed by atoms with Crippen LogP contribution in [0.15, 0.2) is 48.5 Å². The monoisotopic (exact) mass is 368 g/mol. The molecule has 1 fully saturated rings. The maximum absolute atomic E-state index is 5.91. The number of aryl methyl sites for hydroxylation is 2. The lowest BCUT2D eigenvalue weighted by atomic mass is 10.2. The highest BCUT2D eigenvalue weighted by Gasteiger charge is 2.14. The Kier molecular flexibility index (Phi) is 7.55. The lowest BCUT2D eigenvalue weighted by molar-refractivity contribution is 0.195. The molecule has 0 bridgehead atoms. The topological polar surface area (TPSA) is 24.9 Å². The second-order valence-electron chi connectivity index (χ2n) is 7.37. The minimum absolute atomic E-state index is 0.750. The fourth-order valence-electron chi connectivity index (χ4n) is 3.47. The van der Waals surface area contributed by atoms with Crippen LogP contribution < -0.4 is 9.47 Å². The van der Waals surface area contributed by atoms with Crippen molar-refractivity contribution in [3.05, 3.63) is 59.7 Å². The van der Waals surface area contributed by atoms with Gasteiger partial charge in [0.1, 0.15) is 24.7 Å². The molecule has 2 aromatic carbocycles. The Morgan fingerprint density at radius 3 is 1.63 bits per heavy atom. The fourth-order valence-corrected chi connectivity index (χ4v) is 3.47. The summed E-state index contributed by atoms with van der Waals surface area (Å²) >= 11 is 0. The molecule has 2 aromatic rings. The number of hydrogen-bond donors (Lipinski definition) is 0. The summed E-state index contributed by atoms with van der Waals surface area (Å²) in [4.78, 5) is 5.02. The minimum atomic E-state index is 0.750. The van der Waals surface area contributed by atoms with Crippen LogP contribution in [-0.2, 0) is 0 Å². The van der Waals surface area contributed by atoms with Crippen LogP contribution in [-0.4, -0.2) is 62.3 Å². The molecule has 3 rings (SSSR count). The molecule has 146 valence electrons. The first kappa shape index (κ1) is 19.7. The summed E-state index contributed by atoms with van der Waals surface area (Å²) in [6.07, 6.45) is 1.20. The summed E-state index contributed by atoms with van der Waals surface area (Å²) < 4.78 is 11.8. The SMILES string of the molecule is Cc1cccc(OCCN2CCCN(CCOc3cccc(C)c3)CC2)c1. The van der Waals surface area contributed by atoms with Crippen molar-refractivity contribution in [1.29, 1.82) is 0 Å². The summed E-state index contributed by atoms with van der Waals surface area (Å²) in [5, 5.41) is 0. The van der Waals surface area contributed by atoms with E-state index in [-0.39, 0.29) is 0 Å². The molecule has 0 amide bonds. The van der Waals surface area contributed by atoms with E-state index >= 15 is 0 Å². The number of hydrogen-bond acceptors (Lipinski definition) is 4. The summed E-state index contributed by atoms with van der Waals surface area (Å²) in [6, 6.07) is 16.5. The second kappa shape index (κ2) is 10.3. The molecule has 1 aliphatic rings. The van der Waals surface area contributed by atoms with E-state index in [4.69, 9.17) is 9.47 Å². The van der Waals surface area contributed by atoms with Crippen molar-refractivity contribution in [2.45, 2.75) is 20.3 Å². The molecule has 0 atom stereocenters. The molecule has 1 aliphatic heterocycles. The maximum Gasteiger partial charge on any atom is 0.119 e. The van der Waals surface area contributed by atoms with Crippen LogP contribution in [0.5, 0.6) is 11.5 Å². The van der Waals surface area contributed by atoms with Gasteiger partial charge in [0.25, 0.3) is 0 Å². The van der Waals surface area contributed by atoms with Gasteiger partial charge < -0.3 is 9.47 Å². The Morgan fingerprint density at radius 2 is 1.19 bits per heavy atom. The predicted octanol–water partition coefficient (Wildman–Crippen LogP) is 3.77. The average Bonchev–Trinajstić information content (AvgIpc) is 2.87. The maximum atomic E-state index is 5.91. The van der Waals surface area contributed by atoms with Gasteiger partial charge in [-0.05, 0) is 68.8 Å². The zero-order valence-corrected chi connectivity index (χ0v) is 16.7. The number of rotatable bonds is 8. The summed E-state index contributed by atoms with van der Waals surface area (Å²) in [5.41, 5.74) is 2.48. The summed E-state index contributed by atoms with van der Waals surface area (Å²) in [6.45, 7) is 12.2. The van der Waals surface area contributed by atoms with Crippen LogP contribution >= 0.6 is 0 Å². The van der Waals surface area contributed by atoms with Crippen LogP contribution in [0.3, 0.4) is 0 Å². The van der Waals surface area contributed by atoms with Crippen molar-refractivity contribution in [3.63, 3.8) is 0 Å². The molecule has 0 unspecified atom stereocenters. The molecule has 1 saturated heterocycles. The molecule has 4 heteroatoms. The van der Waals surface area contributed by atoms with E-state index in [0.29, 0.717) is 0 Å². The molecule has 1 heterocycles. The molecule has 0 radical (unpaired) electrons. The zero-order valence-electron chi connectivity index (χ0n) is 16.7. The average molecular weight is 369 g/mol. The minimum Gasteiger partial charge on any atom is -0.492 e. The number of benzene rings is 2. The Morgan fingerprint density at radius 1 is 0.704 bits per heavy atom. The first-order chi connectivity index (χ1) is 13.2. The molecule has 0 N–H and O–H groups in total. The Balaban J connectivity index is 1.33. The first-order valence-corrected chi connectivity index (χ1v) is 10.0. The third kappa shape index (κ3) is 6.89. The third-order valence-electron chi connectivity index (χ3n) is 5.01. The van der Waals surface area contributed by atoms with Crippen LogP contribution in [0.25, 0.3) is 0 Å². The highest BCUT2D eigenvalue weighted by atomic mass is 16.5. The van der Waals surface area contributed by atoms with Crippen LogP contribution in [0.1, 0.15) is 17.5 Å². The van der Waals surface area contributed by atoms with E-state index in [2.05, 4.69) is 47.9 Å².